The lowest BCUT2D eigenvalue weighted by Gasteiger charge is -2.35. The second kappa shape index (κ2) is 7.11. The number of rotatable bonds is 7. The lowest BCUT2D eigenvalue weighted by Crippen LogP contribution is -2.57. The Morgan fingerprint density at radius 2 is 2.16 bits per heavy atom. The van der Waals surface area contributed by atoms with Crippen molar-refractivity contribution in [3.05, 3.63) is 30.3 Å². The van der Waals surface area contributed by atoms with Gasteiger partial charge in [-0.3, -0.25) is 9.69 Å². The Labute approximate surface area is 113 Å². The van der Waals surface area contributed by atoms with E-state index in [9.17, 15) is 4.79 Å². The molecule has 2 rings (SSSR count). The van der Waals surface area contributed by atoms with Crippen LogP contribution < -0.4 is 15.4 Å². The monoisotopic (exact) mass is 263 g/mol. The second-order valence-corrected chi connectivity index (χ2v) is 4.74. The molecule has 0 spiro atoms. The Balaban J connectivity index is 1.56. The van der Waals surface area contributed by atoms with E-state index in [1.54, 1.807) is 0 Å². The van der Waals surface area contributed by atoms with E-state index in [1.807, 2.05) is 37.4 Å². The molecular formula is C14H21N3O2. The molecule has 0 radical (unpaired) electrons. The summed E-state index contributed by atoms with van der Waals surface area (Å²) < 4.78 is 5.50. The number of amides is 1. The number of nitrogens with one attached hydrogen (secondary N) is 2. The van der Waals surface area contributed by atoms with E-state index >= 15 is 0 Å². The third-order valence-corrected chi connectivity index (χ3v) is 3.21. The van der Waals surface area contributed by atoms with Crippen molar-refractivity contribution in [2.45, 2.75) is 6.04 Å². The van der Waals surface area contributed by atoms with Crippen molar-refractivity contribution in [2.24, 2.45) is 0 Å². The van der Waals surface area contributed by atoms with Crippen LogP contribution >= 0.6 is 0 Å². The van der Waals surface area contributed by atoms with Crippen LogP contribution in [0.5, 0.6) is 5.75 Å². The minimum atomic E-state index is 0.0473. The van der Waals surface area contributed by atoms with Gasteiger partial charge in [0.15, 0.2) is 0 Å². The van der Waals surface area contributed by atoms with Crippen molar-refractivity contribution in [2.75, 3.05) is 39.8 Å². The second-order valence-electron chi connectivity index (χ2n) is 4.74. The predicted molar refractivity (Wildman–Crippen MR) is 74.2 cm³/mol. The number of hydrogen-bond acceptors (Lipinski definition) is 4. The fourth-order valence-corrected chi connectivity index (χ4v) is 1.87. The number of para-hydroxylation sites is 1. The number of hydrogen-bond donors (Lipinski definition) is 2. The maximum Gasteiger partial charge on any atom is 0.234 e. The summed E-state index contributed by atoms with van der Waals surface area (Å²) in [5.41, 5.74) is 0. The van der Waals surface area contributed by atoms with Crippen LogP contribution in [0.1, 0.15) is 0 Å². The van der Waals surface area contributed by atoms with Gasteiger partial charge in [0.25, 0.3) is 0 Å². The van der Waals surface area contributed by atoms with Gasteiger partial charge in [-0.2, -0.15) is 0 Å². The van der Waals surface area contributed by atoms with E-state index in [1.165, 1.54) is 0 Å². The number of ether oxygens (including phenoxy) is 1. The molecule has 0 saturated carbocycles. The molecule has 0 atom stereocenters. The van der Waals surface area contributed by atoms with E-state index < -0.39 is 0 Å². The summed E-state index contributed by atoms with van der Waals surface area (Å²) in [6.45, 7) is 3.41. The summed E-state index contributed by atoms with van der Waals surface area (Å²) in [7, 11) is 1.98. The normalized spacial score (nSPS) is 15.1. The summed E-state index contributed by atoms with van der Waals surface area (Å²) in [6, 6.07) is 10.1. The quantitative estimate of drug-likeness (QED) is 0.684. The molecular weight excluding hydrogens is 242 g/mol. The van der Waals surface area contributed by atoms with Crippen molar-refractivity contribution in [1.29, 1.82) is 0 Å². The summed E-state index contributed by atoms with van der Waals surface area (Å²) in [5, 5.41) is 6.05. The van der Waals surface area contributed by atoms with Gasteiger partial charge in [-0.15, -0.1) is 0 Å². The summed E-state index contributed by atoms with van der Waals surface area (Å²) in [4.78, 5) is 13.8. The molecule has 19 heavy (non-hydrogen) atoms. The van der Waals surface area contributed by atoms with Gasteiger partial charge < -0.3 is 15.4 Å². The van der Waals surface area contributed by atoms with Gasteiger partial charge in [0.1, 0.15) is 12.4 Å². The zero-order chi connectivity index (χ0) is 13.5. The van der Waals surface area contributed by atoms with Crippen LogP contribution in [0.2, 0.25) is 0 Å². The Morgan fingerprint density at radius 1 is 1.42 bits per heavy atom. The van der Waals surface area contributed by atoms with Crippen LogP contribution in [0, 0.1) is 0 Å². The van der Waals surface area contributed by atoms with Crippen LogP contribution in [0.3, 0.4) is 0 Å². The molecule has 0 unspecified atom stereocenters. The van der Waals surface area contributed by atoms with Crippen LogP contribution in [0.4, 0.5) is 0 Å². The maximum atomic E-state index is 11.7. The average Bonchev–Trinajstić information content (AvgIpc) is 2.33. The first-order chi connectivity index (χ1) is 9.25. The van der Waals surface area contributed by atoms with Gasteiger partial charge in [0.05, 0.1) is 13.1 Å². The van der Waals surface area contributed by atoms with Crippen molar-refractivity contribution < 1.29 is 9.53 Å². The van der Waals surface area contributed by atoms with Crippen molar-refractivity contribution in [3.63, 3.8) is 0 Å². The molecule has 0 aromatic heterocycles. The minimum Gasteiger partial charge on any atom is -0.492 e. The molecule has 1 aromatic rings. The zero-order valence-electron chi connectivity index (χ0n) is 11.3. The molecule has 1 aliphatic rings. The number of carbonyl (C=O) groups excluding carboxylic acids is 1. The molecule has 1 heterocycles. The minimum absolute atomic E-state index is 0.0473. The Bertz CT molecular complexity index is 393. The molecule has 0 bridgehead atoms. The molecule has 1 aromatic carbocycles. The highest BCUT2D eigenvalue weighted by Crippen LogP contribution is 2.07. The predicted octanol–water partition coefficient (Wildman–Crippen LogP) is 0.0852. The lowest BCUT2D eigenvalue weighted by atomic mass is 10.1. The van der Waals surface area contributed by atoms with Crippen LogP contribution in [0.15, 0.2) is 30.3 Å². The SMILES string of the molecule is CN(CC(=O)NCCOc1ccccc1)C1CNC1. The Morgan fingerprint density at radius 3 is 2.79 bits per heavy atom. The van der Waals surface area contributed by atoms with E-state index in [0.717, 1.165) is 18.8 Å². The largest absolute Gasteiger partial charge is 0.492 e. The molecule has 0 aliphatic carbocycles. The molecule has 5 nitrogen and oxygen atoms in total. The van der Waals surface area contributed by atoms with Crippen LogP contribution in [-0.2, 0) is 4.79 Å². The highest BCUT2D eigenvalue weighted by Gasteiger charge is 2.22. The summed E-state index contributed by atoms with van der Waals surface area (Å²) in [6.07, 6.45) is 0. The first-order valence-electron chi connectivity index (χ1n) is 6.61. The van der Waals surface area contributed by atoms with Gasteiger partial charge in [-0.1, -0.05) is 18.2 Å². The molecule has 1 aliphatic heterocycles. The molecule has 104 valence electrons. The fraction of sp³-hybridized carbons (Fsp3) is 0.500. The summed E-state index contributed by atoms with van der Waals surface area (Å²) in [5.74, 6) is 0.875. The Kier molecular flexibility index (Phi) is 5.18. The number of benzene rings is 1. The van der Waals surface area contributed by atoms with E-state index in [4.69, 9.17) is 4.74 Å². The van der Waals surface area contributed by atoms with E-state index in [2.05, 4.69) is 15.5 Å². The fourth-order valence-electron chi connectivity index (χ4n) is 1.87. The molecule has 1 fully saturated rings. The highest BCUT2D eigenvalue weighted by molar-refractivity contribution is 5.78. The topological polar surface area (TPSA) is 53.6 Å². The van der Waals surface area contributed by atoms with E-state index in [0.29, 0.717) is 25.7 Å². The third-order valence-electron chi connectivity index (χ3n) is 3.21. The first-order valence-corrected chi connectivity index (χ1v) is 6.61. The smallest absolute Gasteiger partial charge is 0.234 e. The standard InChI is InChI=1S/C14H21N3O2/c1-17(12-9-15-10-12)11-14(18)16-7-8-19-13-5-3-2-4-6-13/h2-6,12,15H,7-11H2,1H3,(H,16,18). The lowest BCUT2D eigenvalue weighted by molar-refractivity contribution is -0.122. The maximum absolute atomic E-state index is 11.7. The van der Waals surface area contributed by atoms with Crippen molar-refractivity contribution in [3.8, 4) is 5.75 Å². The van der Waals surface area contributed by atoms with Gasteiger partial charge in [0.2, 0.25) is 5.91 Å². The van der Waals surface area contributed by atoms with Gasteiger partial charge in [-0.25, -0.2) is 0 Å². The summed E-state index contributed by atoms with van der Waals surface area (Å²) >= 11 is 0. The third kappa shape index (κ3) is 4.54. The molecule has 5 heteroatoms. The number of nitrogens with zero attached hydrogens (tertiary/aromatic N) is 1. The van der Waals surface area contributed by atoms with Gasteiger partial charge in [0, 0.05) is 19.1 Å². The number of carbonyl (C=O) groups is 1. The molecule has 1 amide bonds. The number of likely N-dealkylation sites (N-methyl/N-ethyl adjacent to an activating group) is 1. The van der Waals surface area contributed by atoms with Gasteiger partial charge >= 0.3 is 0 Å². The van der Waals surface area contributed by atoms with Crippen molar-refractivity contribution >= 4 is 5.91 Å². The first kappa shape index (κ1) is 13.8. The van der Waals surface area contributed by atoms with Crippen molar-refractivity contribution in [1.82, 2.24) is 15.5 Å². The highest BCUT2D eigenvalue weighted by atomic mass is 16.5. The van der Waals surface area contributed by atoms with Crippen LogP contribution in [0.25, 0.3) is 0 Å². The van der Waals surface area contributed by atoms with Gasteiger partial charge in [-0.05, 0) is 19.2 Å². The van der Waals surface area contributed by atoms with Crippen LogP contribution in [-0.4, -0.2) is 56.7 Å². The van der Waals surface area contributed by atoms with E-state index in [-0.39, 0.29) is 5.91 Å². The molecule has 2 N–H and O–H groups in total. The molecule has 1 saturated heterocycles. The average molecular weight is 263 g/mol. The Hall–Kier alpha value is -1.59. The zero-order valence-corrected chi connectivity index (χ0v) is 11.3.